The van der Waals surface area contributed by atoms with E-state index in [1.807, 2.05) is 20.8 Å². The largest absolute Gasteiger partial charge is 0.493 e. The quantitative estimate of drug-likeness (QED) is 0.786. The van der Waals surface area contributed by atoms with Crippen molar-refractivity contribution in [2.45, 2.75) is 33.4 Å². The molecule has 0 saturated carbocycles. The average molecular weight is 295 g/mol. The summed E-state index contributed by atoms with van der Waals surface area (Å²) in [6.07, 6.45) is 1.66. The molecule has 21 heavy (non-hydrogen) atoms. The highest BCUT2D eigenvalue weighted by Gasteiger charge is 2.19. The third-order valence-corrected chi connectivity index (χ3v) is 3.39. The van der Waals surface area contributed by atoms with Crippen molar-refractivity contribution >= 4 is 5.91 Å². The van der Waals surface area contributed by atoms with Crippen molar-refractivity contribution in [3.8, 4) is 11.5 Å². The molecular formula is C15H25N3O3. The average Bonchev–Trinajstić information content (AvgIpc) is 2.52. The predicted octanol–water partition coefficient (Wildman–Crippen LogP) is 1.45. The highest BCUT2D eigenvalue weighted by molar-refractivity contribution is 5.81. The van der Waals surface area contributed by atoms with Gasteiger partial charge in [-0.05, 0) is 20.8 Å². The van der Waals surface area contributed by atoms with E-state index in [1.165, 1.54) is 0 Å². The molecule has 6 nitrogen and oxygen atoms in total. The maximum Gasteiger partial charge on any atom is 0.239 e. The molecule has 1 aromatic heterocycles. The minimum Gasteiger partial charge on any atom is -0.493 e. The summed E-state index contributed by atoms with van der Waals surface area (Å²) in [5.74, 6) is 1.31. The van der Waals surface area contributed by atoms with Gasteiger partial charge in [-0.25, -0.2) is 0 Å². The molecular weight excluding hydrogens is 270 g/mol. The lowest BCUT2D eigenvalue weighted by Crippen LogP contribution is -2.44. The van der Waals surface area contributed by atoms with Crippen molar-refractivity contribution in [2.75, 3.05) is 27.3 Å². The second-order valence-corrected chi connectivity index (χ2v) is 4.61. The van der Waals surface area contributed by atoms with Gasteiger partial charge in [0.05, 0.1) is 26.0 Å². The van der Waals surface area contributed by atoms with E-state index < -0.39 is 0 Å². The van der Waals surface area contributed by atoms with Crippen LogP contribution in [0.4, 0.5) is 0 Å². The second kappa shape index (κ2) is 8.46. The van der Waals surface area contributed by atoms with Crippen molar-refractivity contribution in [2.24, 2.45) is 0 Å². The van der Waals surface area contributed by atoms with Gasteiger partial charge in [-0.3, -0.25) is 9.78 Å². The number of methoxy groups -OCH3 is 2. The van der Waals surface area contributed by atoms with Gasteiger partial charge in [0.2, 0.25) is 5.91 Å². The second-order valence-electron chi connectivity index (χ2n) is 4.61. The summed E-state index contributed by atoms with van der Waals surface area (Å²) < 4.78 is 10.6. The SMILES string of the molecule is CCN(CC)C(=O)C(C)NCc1nccc(OC)c1OC. The molecule has 0 aliphatic carbocycles. The number of nitrogens with zero attached hydrogens (tertiary/aromatic N) is 2. The molecule has 0 saturated heterocycles. The number of aromatic nitrogens is 1. The summed E-state index contributed by atoms with van der Waals surface area (Å²) >= 11 is 0. The van der Waals surface area contributed by atoms with Crippen LogP contribution in [0.2, 0.25) is 0 Å². The van der Waals surface area contributed by atoms with Crippen LogP contribution in [0.15, 0.2) is 12.3 Å². The lowest BCUT2D eigenvalue weighted by atomic mass is 10.2. The van der Waals surface area contributed by atoms with Gasteiger partial charge in [0.15, 0.2) is 11.5 Å². The lowest BCUT2D eigenvalue weighted by molar-refractivity contribution is -0.132. The summed E-state index contributed by atoms with van der Waals surface area (Å²) in [4.78, 5) is 18.3. The molecule has 1 amide bonds. The van der Waals surface area contributed by atoms with Crippen LogP contribution in [0.25, 0.3) is 0 Å². The van der Waals surface area contributed by atoms with E-state index in [-0.39, 0.29) is 11.9 Å². The highest BCUT2D eigenvalue weighted by Crippen LogP contribution is 2.28. The van der Waals surface area contributed by atoms with Crippen LogP contribution in [0, 0.1) is 0 Å². The molecule has 1 aromatic rings. The van der Waals surface area contributed by atoms with Crippen molar-refractivity contribution in [1.29, 1.82) is 0 Å². The van der Waals surface area contributed by atoms with Gasteiger partial charge >= 0.3 is 0 Å². The van der Waals surface area contributed by atoms with Crippen molar-refractivity contribution < 1.29 is 14.3 Å². The zero-order chi connectivity index (χ0) is 15.8. The van der Waals surface area contributed by atoms with Crippen LogP contribution >= 0.6 is 0 Å². The Hall–Kier alpha value is -1.82. The van der Waals surface area contributed by atoms with Crippen LogP contribution in [-0.2, 0) is 11.3 Å². The van der Waals surface area contributed by atoms with Crippen LogP contribution in [0.5, 0.6) is 11.5 Å². The molecule has 0 fully saturated rings. The summed E-state index contributed by atoms with van der Waals surface area (Å²) in [5.41, 5.74) is 0.719. The molecule has 0 bridgehead atoms. The summed E-state index contributed by atoms with van der Waals surface area (Å²) in [6.45, 7) is 7.66. The minimum atomic E-state index is -0.275. The van der Waals surface area contributed by atoms with Gasteiger partial charge in [0.1, 0.15) is 0 Å². The number of carbonyl (C=O) groups excluding carboxylic acids is 1. The van der Waals surface area contributed by atoms with Gasteiger partial charge in [0.25, 0.3) is 0 Å². The topological polar surface area (TPSA) is 63.7 Å². The number of ether oxygens (including phenoxy) is 2. The van der Waals surface area contributed by atoms with Crippen molar-refractivity contribution in [3.05, 3.63) is 18.0 Å². The molecule has 1 rings (SSSR count). The van der Waals surface area contributed by atoms with E-state index in [1.54, 1.807) is 31.4 Å². The molecule has 0 aliphatic heterocycles. The van der Waals surface area contributed by atoms with Gasteiger partial charge < -0.3 is 19.7 Å². The number of nitrogens with one attached hydrogen (secondary N) is 1. The number of hydrogen-bond acceptors (Lipinski definition) is 5. The molecule has 1 N–H and O–H groups in total. The molecule has 6 heteroatoms. The third kappa shape index (κ3) is 4.32. The van der Waals surface area contributed by atoms with Crippen LogP contribution in [0.3, 0.4) is 0 Å². The molecule has 0 radical (unpaired) electrons. The highest BCUT2D eigenvalue weighted by atomic mass is 16.5. The first-order chi connectivity index (χ1) is 10.1. The van der Waals surface area contributed by atoms with E-state index in [0.717, 1.165) is 5.69 Å². The molecule has 1 unspecified atom stereocenters. The third-order valence-electron chi connectivity index (χ3n) is 3.39. The maximum absolute atomic E-state index is 12.2. The number of hydrogen-bond donors (Lipinski definition) is 1. The van der Waals surface area contributed by atoms with Gasteiger partial charge in [0, 0.05) is 31.9 Å². The number of likely N-dealkylation sites (N-methyl/N-ethyl adjacent to an activating group) is 1. The fraction of sp³-hybridized carbons (Fsp3) is 0.600. The monoisotopic (exact) mass is 295 g/mol. The first-order valence-corrected chi connectivity index (χ1v) is 7.16. The number of carbonyl (C=O) groups is 1. The zero-order valence-corrected chi connectivity index (χ0v) is 13.5. The Kier molecular flexibility index (Phi) is 6.94. The van der Waals surface area contributed by atoms with E-state index in [9.17, 15) is 4.79 Å². The Labute approximate surface area is 126 Å². The Bertz CT molecular complexity index is 461. The fourth-order valence-electron chi connectivity index (χ4n) is 2.12. The lowest BCUT2D eigenvalue weighted by Gasteiger charge is -2.23. The summed E-state index contributed by atoms with van der Waals surface area (Å²) in [6, 6.07) is 1.47. The Morgan fingerprint density at radius 1 is 1.33 bits per heavy atom. The first-order valence-electron chi connectivity index (χ1n) is 7.16. The Morgan fingerprint density at radius 2 is 2.00 bits per heavy atom. The van der Waals surface area contributed by atoms with E-state index in [0.29, 0.717) is 31.1 Å². The molecule has 0 spiro atoms. The van der Waals surface area contributed by atoms with E-state index in [4.69, 9.17) is 9.47 Å². The van der Waals surface area contributed by atoms with Gasteiger partial charge in [-0.2, -0.15) is 0 Å². The number of amides is 1. The first kappa shape index (κ1) is 17.2. The van der Waals surface area contributed by atoms with Crippen molar-refractivity contribution in [3.63, 3.8) is 0 Å². The number of pyridine rings is 1. The molecule has 0 aliphatic rings. The predicted molar refractivity (Wildman–Crippen MR) is 81.6 cm³/mol. The summed E-state index contributed by atoms with van der Waals surface area (Å²) in [7, 11) is 3.16. The van der Waals surface area contributed by atoms with E-state index in [2.05, 4.69) is 10.3 Å². The van der Waals surface area contributed by atoms with E-state index >= 15 is 0 Å². The Balaban J connectivity index is 2.73. The Morgan fingerprint density at radius 3 is 2.52 bits per heavy atom. The summed E-state index contributed by atoms with van der Waals surface area (Å²) in [5, 5.41) is 3.18. The van der Waals surface area contributed by atoms with Crippen LogP contribution in [0.1, 0.15) is 26.5 Å². The molecule has 1 atom stereocenters. The fourth-order valence-corrected chi connectivity index (χ4v) is 2.12. The van der Waals surface area contributed by atoms with Gasteiger partial charge in [-0.15, -0.1) is 0 Å². The molecule has 1 heterocycles. The van der Waals surface area contributed by atoms with Crippen LogP contribution in [-0.4, -0.2) is 49.1 Å². The van der Waals surface area contributed by atoms with Gasteiger partial charge in [-0.1, -0.05) is 0 Å². The zero-order valence-electron chi connectivity index (χ0n) is 13.5. The number of rotatable bonds is 8. The molecule has 0 aromatic carbocycles. The minimum absolute atomic E-state index is 0.0851. The smallest absolute Gasteiger partial charge is 0.239 e. The van der Waals surface area contributed by atoms with Crippen LogP contribution < -0.4 is 14.8 Å². The van der Waals surface area contributed by atoms with Crippen molar-refractivity contribution in [1.82, 2.24) is 15.2 Å². The maximum atomic E-state index is 12.2. The standard InChI is InChI=1S/C15H25N3O3/c1-6-18(7-2)15(19)11(3)17-10-12-14(21-5)13(20-4)8-9-16-12/h8-9,11,17H,6-7,10H2,1-5H3. The normalized spacial score (nSPS) is 11.9. The molecule has 118 valence electrons.